The van der Waals surface area contributed by atoms with Crippen LogP contribution in [0.2, 0.25) is 0 Å². The number of hydrogen-bond donors (Lipinski definition) is 1. The van der Waals surface area contributed by atoms with Crippen LogP contribution in [0.15, 0.2) is 12.2 Å². The standard InChI is InChI=1S/C20H34O/c1-3-5-9-13-18-17-19(18)14-11-7-8-12-16-20(21)15-10-6-4-2/h7-8,18-21H,3-6,9-11,13-15,17H2,1-2H3/b8-7+. The first-order valence-corrected chi connectivity index (χ1v) is 9.12. The maximum absolute atomic E-state index is 9.66. The van der Waals surface area contributed by atoms with E-state index in [0.717, 1.165) is 31.1 Å². The molecule has 0 amide bonds. The van der Waals surface area contributed by atoms with E-state index in [2.05, 4.69) is 31.8 Å². The third-order valence-electron chi connectivity index (χ3n) is 4.48. The summed E-state index contributed by atoms with van der Waals surface area (Å²) in [7, 11) is 0. The van der Waals surface area contributed by atoms with Crippen LogP contribution in [0.1, 0.15) is 84.5 Å². The monoisotopic (exact) mass is 290 g/mol. The second kappa shape index (κ2) is 11.9. The van der Waals surface area contributed by atoms with E-state index in [9.17, 15) is 5.11 Å². The van der Waals surface area contributed by atoms with Gasteiger partial charge in [0, 0.05) is 0 Å². The van der Waals surface area contributed by atoms with Crippen LogP contribution in [-0.4, -0.2) is 11.2 Å². The van der Waals surface area contributed by atoms with Gasteiger partial charge in [-0.1, -0.05) is 70.3 Å². The minimum atomic E-state index is -0.437. The minimum Gasteiger partial charge on any atom is -0.380 e. The van der Waals surface area contributed by atoms with Crippen molar-refractivity contribution in [2.45, 2.75) is 90.6 Å². The highest BCUT2D eigenvalue weighted by molar-refractivity contribution is 5.17. The van der Waals surface area contributed by atoms with Gasteiger partial charge in [0.15, 0.2) is 0 Å². The maximum Gasteiger partial charge on any atom is 0.115 e. The van der Waals surface area contributed by atoms with Gasteiger partial charge in [0.2, 0.25) is 0 Å². The number of hydrogen-bond acceptors (Lipinski definition) is 1. The molecule has 1 saturated carbocycles. The molecule has 0 radical (unpaired) electrons. The number of allylic oxidation sites excluding steroid dienone is 2. The summed E-state index contributed by atoms with van der Waals surface area (Å²) in [6, 6.07) is 0. The molecule has 3 atom stereocenters. The Morgan fingerprint density at radius 1 is 1.05 bits per heavy atom. The third-order valence-corrected chi connectivity index (χ3v) is 4.48. The van der Waals surface area contributed by atoms with Gasteiger partial charge in [-0.3, -0.25) is 0 Å². The normalized spacial score (nSPS) is 22.0. The number of unbranched alkanes of at least 4 members (excludes halogenated alkanes) is 4. The second-order valence-corrected chi connectivity index (χ2v) is 6.53. The van der Waals surface area contributed by atoms with Crippen molar-refractivity contribution in [3.05, 3.63) is 12.2 Å². The van der Waals surface area contributed by atoms with Crippen LogP contribution < -0.4 is 0 Å². The van der Waals surface area contributed by atoms with Gasteiger partial charge in [-0.25, -0.2) is 0 Å². The summed E-state index contributed by atoms with van der Waals surface area (Å²) >= 11 is 0. The molecule has 120 valence electrons. The van der Waals surface area contributed by atoms with Gasteiger partial charge >= 0.3 is 0 Å². The Morgan fingerprint density at radius 3 is 2.52 bits per heavy atom. The molecule has 1 heteroatoms. The van der Waals surface area contributed by atoms with Gasteiger partial charge in [0.05, 0.1) is 0 Å². The van der Waals surface area contributed by atoms with E-state index >= 15 is 0 Å². The first-order valence-electron chi connectivity index (χ1n) is 9.12. The highest BCUT2D eigenvalue weighted by Crippen LogP contribution is 2.45. The Morgan fingerprint density at radius 2 is 1.76 bits per heavy atom. The lowest BCUT2D eigenvalue weighted by Gasteiger charge is -2.00. The molecule has 0 heterocycles. The smallest absolute Gasteiger partial charge is 0.115 e. The van der Waals surface area contributed by atoms with Gasteiger partial charge in [0.25, 0.3) is 0 Å². The first kappa shape index (κ1) is 18.3. The zero-order valence-electron chi connectivity index (χ0n) is 14.1. The van der Waals surface area contributed by atoms with E-state index in [0.29, 0.717) is 0 Å². The summed E-state index contributed by atoms with van der Waals surface area (Å²) in [5.74, 6) is 7.90. The Kier molecular flexibility index (Phi) is 10.3. The number of aliphatic hydroxyl groups excluding tert-OH is 1. The summed E-state index contributed by atoms with van der Waals surface area (Å²) in [6.45, 7) is 4.45. The van der Waals surface area contributed by atoms with Crippen molar-refractivity contribution in [2.24, 2.45) is 11.8 Å². The van der Waals surface area contributed by atoms with Gasteiger partial charge in [-0.15, -0.1) is 0 Å². The third kappa shape index (κ3) is 9.75. The molecule has 1 aliphatic carbocycles. The molecular formula is C20H34O. The van der Waals surface area contributed by atoms with Crippen molar-refractivity contribution < 1.29 is 5.11 Å². The topological polar surface area (TPSA) is 20.2 Å². The van der Waals surface area contributed by atoms with E-state index in [4.69, 9.17) is 0 Å². The zero-order valence-corrected chi connectivity index (χ0v) is 14.1. The number of rotatable bonds is 11. The van der Waals surface area contributed by atoms with Crippen LogP contribution in [0, 0.1) is 23.7 Å². The Balaban J connectivity index is 1.98. The summed E-state index contributed by atoms with van der Waals surface area (Å²) in [4.78, 5) is 0. The minimum absolute atomic E-state index is 0.437. The molecule has 0 aromatic carbocycles. The van der Waals surface area contributed by atoms with E-state index < -0.39 is 6.10 Å². The van der Waals surface area contributed by atoms with E-state index in [1.165, 1.54) is 51.4 Å². The van der Waals surface area contributed by atoms with Gasteiger partial charge in [-0.2, -0.15) is 0 Å². The molecule has 0 bridgehead atoms. The van der Waals surface area contributed by atoms with Gasteiger partial charge in [0.1, 0.15) is 6.10 Å². The molecule has 1 aliphatic rings. The Hall–Kier alpha value is -0.740. The average Bonchev–Trinajstić information content (AvgIpc) is 3.22. The highest BCUT2D eigenvalue weighted by atomic mass is 16.3. The predicted molar refractivity (Wildman–Crippen MR) is 92.0 cm³/mol. The summed E-state index contributed by atoms with van der Waals surface area (Å²) in [5, 5.41) is 9.66. The zero-order chi connectivity index (χ0) is 15.3. The molecule has 1 rings (SSSR count). The van der Waals surface area contributed by atoms with Crippen LogP contribution in [0.25, 0.3) is 0 Å². The van der Waals surface area contributed by atoms with Gasteiger partial charge < -0.3 is 5.11 Å². The molecule has 0 saturated heterocycles. The van der Waals surface area contributed by atoms with E-state index in [-0.39, 0.29) is 0 Å². The quantitative estimate of drug-likeness (QED) is 0.394. The van der Waals surface area contributed by atoms with Crippen LogP contribution >= 0.6 is 0 Å². The second-order valence-electron chi connectivity index (χ2n) is 6.53. The lowest BCUT2D eigenvalue weighted by atomic mass is 10.1. The number of aliphatic hydroxyl groups is 1. The molecular weight excluding hydrogens is 256 g/mol. The summed E-state index contributed by atoms with van der Waals surface area (Å²) in [6.07, 6.45) is 17.5. The molecule has 0 aliphatic heterocycles. The summed E-state index contributed by atoms with van der Waals surface area (Å²) < 4.78 is 0. The van der Waals surface area contributed by atoms with E-state index in [1.807, 2.05) is 6.08 Å². The fraction of sp³-hybridized carbons (Fsp3) is 0.800. The highest BCUT2D eigenvalue weighted by Gasteiger charge is 2.34. The first-order chi connectivity index (χ1) is 10.3. The molecule has 1 fully saturated rings. The largest absolute Gasteiger partial charge is 0.380 e. The van der Waals surface area contributed by atoms with E-state index in [1.54, 1.807) is 0 Å². The van der Waals surface area contributed by atoms with Crippen molar-refractivity contribution >= 4 is 0 Å². The molecule has 1 N–H and O–H groups in total. The van der Waals surface area contributed by atoms with Crippen molar-refractivity contribution in [3.8, 4) is 11.8 Å². The molecule has 0 spiro atoms. The predicted octanol–water partition coefficient (Wildman–Crippen LogP) is 5.48. The van der Waals surface area contributed by atoms with Crippen molar-refractivity contribution in [1.82, 2.24) is 0 Å². The average molecular weight is 290 g/mol. The van der Waals surface area contributed by atoms with Crippen LogP contribution in [-0.2, 0) is 0 Å². The lowest BCUT2D eigenvalue weighted by Crippen LogP contribution is -2.01. The molecule has 3 unspecified atom stereocenters. The fourth-order valence-corrected chi connectivity index (χ4v) is 2.93. The molecule has 21 heavy (non-hydrogen) atoms. The Bertz CT molecular complexity index is 333. The Labute approximate surface area is 132 Å². The van der Waals surface area contributed by atoms with Crippen molar-refractivity contribution in [2.75, 3.05) is 0 Å². The van der Waals surface area contributed by atoms with Crippen molar-refractivity contribution in [3.63, 3.8) is 0 Å². The van der Waals surface area contributed by atoms with Crippen LogP contribution in [0.3, 0.4) is 0 Å². The maximum atomic E-state index is 9.66. The molecule has 0 aromatic heterocycles. The van der Waals surface area contributed by atoms with Gasteiger partial charge in [-0.05, 0) is 50.0 Å². The SMILES string of the molecule is CCCCCC(O)C#C/C=C/CCC1CC1CCCCC. The summed E-state index contributed by atoms with van der Waals surface area (Å²) in [5.41, 5.74) is 0. The van der Waals surface area contributed by atoms with Crippen molar-refractivity contribution in [1.29, 1.82) is 0 Å². The molecule has 1 nitrogen and oxygen atoms in total. The fourth-order valence-electron chi connectivity index (χ4n) is 2.93. The van der Waals surface area contributed by atoms with Crippen LogP contribution in [0.5, 0.6) is 0 Å². The van der Waals surface area contributed by atoms with Crippen LogP contribution in [0.4, 0.5) is 0 Å². The lowest BCUT2D eigenvalue weighted by molar-refractivity contribution is 0.217. The molecule has 0 aromatic rings.